The second-order valence-corrected chi connectivity index (χ2v) is 5.75. The van der Waals surface area contributed by atoms with Crippen LogP contribution in [0.25, 0.3) is 10.9 Å². The highest BCUT2D eigenvalue weighted by Crippen LogP contribution is 2.35. The van der Waals surface area contributed by atoms with Crippen molar-refractivity contribution in [1.29, 1.82) is 0 Å². The molecule has 1 aromatic heterocycles. The van der Waals surface area contributed by atoms with E-state index >= 15 is 0 Å². The number of pyridine rings is 1. The maximum absolute atomic E-state index is 12.3. The highest BCUT2D eigenvalue weighted by molar-refractivity contribution is 5.83. The molecule has 0 radical (unpaired) electrons. The fraction of sp³-hybridized carbons (Fsp3) is 0.438. The lowest BCUT2D eigenvalue weighted by molar-refractivity contribution is 0.174. The number of hydrogen-bond donors (Lipinski definition) is 1. The second-order valence-electron chi connectivity index (χ2n) is 5.75. The summed E-state index contributed by atoms with van der Waals surface area (Å²) in [4.78, 5) is 17.6. The van der Waals surface area contributed by atoms with E-state index in [9.17, 15) is 4.79 Å². The molecule has 5 heteroatoms. The Bertz CT molecular complexity index is 732. The Morgan fingerprint density at radius 2 is 1.81 bits per heavy atom. The van der Waals surface area contributed by atoms with Crippen LogP contribution >= 0.6 is 0 Å². The van der Waals surface area contributed by atoms with Crippen molar-refractivity contribution in [2.45, 2.75) is 25.8 Å². The lowest BCUT2D eigenvalue weighted by atomic mass is 10.1. The number of aromatic nitrogens is 1. The lowest BCUT2D eigenvalue weighted by Crippen LogP contribution is -2.31. The molecule has 5 nitrogen and oxygen atoms in total. The number of hydrogen-bond acceptors (Lipinski definition) is 4. The average Bonchev–Trinajstić information content (AvgIpc) is 2.94. The molecule has 2 aromatic rings. The lowest BCUT2D eigenvalue weighted by Gasteiger charge is -2.26. The van der Waals surface area contributed by atoms with E-state index in [-0.39, 0.29) is 12.4 Å². The molecule has 110 valence electrons. The molecule has 0 aliphatic carbocycles. The number of piperidine rings is 1. The maximum Gasteiger partial charge on any atom is 0.252 e. The summed E-state index contributed by atoms with van der Waals surface area (Å²) in [5, 5.41) is 0.992. The average molecular weight is 286 g/mol. The van der Waals surface area contributed by atoms with Gasteiger partial charge in [-0.3, -0.25) is 9.69 Å². The van der Waals surface area contributed by atoms with Crippen molar-refractivity contribution in [3.8, 4) is 11.5 Å². The molecule has 1 fully saturated rings. The van der Waals surface area contributed by atoms with Gasteiger partial charge in [-0.05, 0) is 38.1 Å². The van der Waals surface area contributed by atoms with Gasteiger partial charge in [0, 0.05) is 23.6 Å². The molecule has 2 aliphatic rings. The molecular formula is C16H18N2O3. The minimum absolute atomic E-state index is 0.00746. The van der Waals surface area contributed by atoms with Gasteiger partial charge in [0.2, 0.25) is 6.79 Å². The van der Waals surface area contributed by atoms with E-state index in [4.69, 9.17) is 9.47 Å². The van der Waals surface area contributed by atoms with Crippen LogP contribution in [0.1, 0.15) is 24.8 Å². The number of likely N-dealkylation sites (tertiary alicyclic amines) is 1. The summed E-state index contributed by atoms with van der Waals surface area (Å²) in [6.07, 6.45) is 3.75. The van der Waals surface area contributed by atoms with Crippen molar-refractivity contribution in [3.05, 3.63) is 34.1 Å². The summed E-state index contributed by atoms with van der Waals surface area (Å²) in [5.74, 6) is 1.44. The molecular weight excluding hydrogens is 268 g/mol. The Labute approximate surface area is 122 Å². The van der Waals surface area contributed by atoms with E-state index in [1.54, 1.807) is 0 Å². The Morgan fingerprint density at radius 1 is 1.05 bits per heavy atom. The van der Waals surface area contributed by atoms with E-state index in [1.165, 1.54) is 19.3 Å². The number of aromatic amines is 1. The summed E-state index contributed by atoms with van der Waals surface area (Å²) in [7, 11) is 0. The Kier molecular flexibility index (Phi) is 3.07. The molecule has 4 rings (SSSR count). The number of nitrogens with one attached hydrogen (secondary N) is 1. The monoisotopic (exact) mass is 286 g/mol. The molecule has 2 aliphatic heterocycles. The number of H-pyrrole nitrogens is 1. The molecule has 0 bridgehead atoms. The van der Waals surface area contributed by atoms with Crippen molar-refractivity contribution in [1.82, 2.24) is 9.88 Å². The number of rotatable bonds is 2. The standard InChI is InChI=1S/C16H18N2O3/c19-16-12(9-18-4-2-1-3-5-18)6-11-7-14-15(21-10-20-14)8-13(11)17-16/h6-8H,1-5,9-10H2,(H,17,19). The van der Waals surface area contributed by atoms with Gasteiger partial charge in [0.05, 0.1) is 5.52 Å². The first-order valence-corrected chi connectivity index (χ1v) is 7.47. The van der Waals surface area contributed by atoms with Crippen molar-refractivity contribution in [3.63, 3.8) is 0 Å². The highest BCUT2D eigenvalue weighted by Gasteiger charge is 2.17. The van der Waals surface area contributed by atoms with Gasteiger partial charge in [0.15, 0.2) is 11.5 Å². The quantitative estimate of drug-likeness (QED) is 0.920. The van der Waals surface area contributed by atoms with Gasteiger partial charge in [0.1, 0.15) is 0 Å². The smallest absolute Gasteiger partial charge is 0.252 e. The van der Waals surface area contributed by atoms with Gasteiger partial charge in [-0.25, -0.2) is 0 Å². The van der Waals surface area contributed by atoms with Crippen molar-refractivity contribution in [2.24, 2.45) is 0 Å². The van der Waals surface area contributed by atoms with Crippen LogP contribution in [0, 0.1) is 0 Å². The number of fused-ring (bicyclic) bond motifs is 2. The van der Waals surface area contributed by atoms with E-state index in [2.05, 4.69) is 9.88 Å². The van der Waals surface area contributed by atoms with Gasteiger partial charge in [0.25, 0.3) is 5.56 Å². The minimum Gasteiger partial charge on any atom is -0.454 e. The van der Waals surface area contributed by atoms with E-state index in [0.717, 1.165) is 41.9 Å². The predicted octanol–water partition coefficient (Wildman–Crippen LogP) is 2.24. The Hall–Kier alpha value is -2.01. The van der Waals surface area contributed by atoms with Gasteiger partial charge in [-0.1, -0.05) is 6.42 Å². The van der Waals surface area contributed by atoms with Gasteiger partial charge < -0.3 is 14.5 Å². The molecule has 0 saturated carbocycles. The summed E-state index contributed by atoms with van der Waals surface area (Å²) in [6.45, 7) is 3.13. The summed E-state index contributed by atoms with van der Waals surface area (Å²) < 4.78 is 10.7. The molecule has 0 spiro atoms. The van der Waals surface area contributed by atoms with Crippen LogP contribution in [0.5, 0.6) is 11.5 Å². The van der Waals surface area contributed by atoms with Crippen LogP contribution in [-0.2, 0) is 6.54 Å². The van der Waals surface area contributed by atoms with Crippen molar-refractivity contribution >= 4 is 10.9 Å². The number of ether oxygens (including phenoxy) is 2. The maximum atomic E-state index is 12.3. The molecule has 21 heavy (non-hydrogen) atoms. The zero-order chi connectivity index (χ0) is 14.2. The van der Waals surface area contributed by atoms with Crippen molar-refractivity contribution in [2.75, 3.05) is 19.9 Å². The normalized spacial score (nSPS) is 18.3. The Morgan fingerprint density at radius 3 is 2.62 bits per heavy atom. The van der Waals surface area contributed by atoms with Gasteiger partial charge in [-0.2, -0.15) is 0 Å². The summed E-state index contributed by atoms with van der Waals surface area (Å²) in [5.41, 5.74) is 1.61. The number of nitrogens with zero attached hydrogens (tertiary/aromatic N) is 1. The van der Waals surface area contributed by atoms with E-state index < -0.39 is 0 Å². The van der Waals surface area contributed by atoms with Crippen LogP contribution in [0.15, 0.2) is 23.0 Å². The molecule has 0 atom stereocenters. The highest BCUT2D eigenvalue weighted by atomic mass is 16.7. The third-order valence-corrected chi connectivity index (χ3v) is 4.26. The minimum atomic E-state index is -0.00746. The third kappa shape index (κ3) is 2.38. The second kappa shape index (κ2) is 5.07. The molecule has 3 heterocycles. The first kappa shape index (κ1) is 12.7. The van der Waals surface area contributed by atoms with Crippen LogP contribution < -0.4 is 15.0 Å². The van der Waals surface area contributed by atoms with Crippen LogP contribution in [0.3, 0.4) is 0 Å². The van der Waals surface area contributed by atoms with E-state index in [1.807, 2.05) is 18.2 Å². The molecule has 1 saturated heterocycles. The predicted molar refractivity (Wildman–Crippen MR) is 79.8 cm³/mol. The zero-order valence-corrected chi connectivity index (χ0v) is 11.9. The van der Waals surface area contributed by atoms with Gasteiger partial charge >= 0.3 is 0 Å². The molecule has 1 aromatic carbocycles. The van der Waals surface area contributed by atoms with Crippen molar-refractivity contribution < 1.29 is 9.47 Å². The molecule has 0 amide bonds. The van der Waals surface area contributed by atoms with Gasteiger partial charge in [-0.15, -0.1) is 0 Å². The largest absolute Gasteiger partial charge is 0.454 e. The fourth-order valence-electron chi connectivity index (χ4n) is 3.12. The molecule has 1 N–H and O–H groups in total. The topological polar surface area (TPSA) is 54.6 Å². The summed E-state index contributed by atoms with van der Waals surface area (Å²) in [6, 6.07) is 5.75. The zero-order valence-electron chi connectivity index (χ0n) is 11.9. The summed E-state index contributed by atoms with van der Waals surface area (Å²) >= 11 is 0. The molecule has 0 unspecified atom stereocenters. The third-order valence-electron chi connectivity index (χ3n) is 4.26. The van der Waals surface area contributed by atoms with Crippen LogP contribution in [-0.4, -0.2) is 29.8 Å². The SMILES string of the molecule is O=c1[nH]c2cc3c(cc2cc1CN1CCCCC1)OCO3. The first-order valence-electron chi connectivity index (χ1n) is 7.47. The van der Waals surface area contributed by atoms with Crippen LogP contribution in [0.4, 0.5) is 0 Å². The number of benzene rings is 1. The first-order chi connectivity index (χ1) is 10.3. The van der Waals surface area contributed by atoms with E-state index in [0.29, 0.717) is 5.75 Å². The fourth-order valence-corrected chi connectivity index (χ4v) is 3.12. The van der Waals surface area contributed by atoms with Crippen LogP contribution in [0.2, 0.25) is 0 Å². The Balaban J connectivity index is 1.70.